The van der Waals surface area contributed by atoms with Crippen LogP contribution in [0.1, 0.15) is 6.92 Å². The number of thioether (sulfide) groups is 1. The molecule has 0 bridgehead atoms. The van der Waals surface area contributed by atoms with Gasteiger partial charge >= 0.3 is 0 Å². The molecule has 0 saturated heterocycles. The zero-order chi connectivity index (χ0) is 15.9. The normalized spacial score (nSPS) is 12.1. The van der Waals surface area contributed by atoms with E-state index in [4.69, 9.17) is 16.3 Å². The maximum atomic E-state index is 12.0. The third-order valence-electron chi connectivity index (χ3n) is 2.75. The molecule has 1 N–H and O–H groups in total. The van der Waals surface area contributed by atoms with Gasteiger partial charge in [-0.1, -0.05) is 29.4 Å². The summed E-state index contributed by atoms with van der Waals surface area (Å²) < 4.78 is 6.45. The quantitative estimate of drug-likeness (QED) is 0.608. The van der Waals surface area contributed by atoms with Crippen molar-refractivity contribution in [1.82, 2.24) is 25.5 Å². The van der Waals surface area contributed by atoms with E-state index < -0.39 is 0 Å². The number of rotatable bonds is 7. The Kier molecular flexibility index (Phi) is 6.17. The molecule has 9 heteroatoms. The van der Waals surface area contributed by atoms with E-state index in [9.17, 15) is 4.79 Å². The van der Waals surface area contributed by atoms with Crippen LogP contribution in [0.2, 0.25) is 5.02 Å². The number of methoxy groups -OCH3 is 1. The van der Waals surface area contributed by atoms with Gasteiger partial charge in [0.1, 0.15) is 0 Å². The van der Waals surface area contributed by atoms with Gasteiger partial charge in [0.15, 0.2) is 0 Å². The predicted octanol–water partition coefficient (Wildman–Crippen LogP) is 1.56. The van der Waals surface area contributed by atoms with Crippen molar-refractivity contribution < 1.29 is 9.53 Å². The molecule has 0 saturated carbocycles. The Balaban J connectivity index is 2.05. The van der Waals surface area contributed by atoms with Crippen molar-refractivity contribution in [3.63, 3.8) is 0 Å². The summed E-state index contributed by atoms with van der Waals surface area (Å²) in [4.78, 5) is 12.0. The Labute approximate surface area is 137 Å². The number of benzene rings is 1. The van der Waals surface area contributed by atoms with Crippen LogP contribution in [0.25, 0.3) is 5.69 Å². The lowest BCUT2D eigenvalue weighted by Gasteiger charge is -2.11. The monoisotopic (exact) mass is 341 g/mol. The smallest absolute Gasteiger partial charge is 0.233 e. The lowest BCUT2D eigenvalue weighted by molar-refractivity contribution is -0.120. The first kappa shape index (κ1) is 16.7. The van der Waals surface area contributed by atoms with E-state index in [0.717, 1.165) is 5.69 Å². The molecule has 2 rings (SSSR count). The number of carbonyl (C=O) groups is 1. The molecule has 2 aromatic rings. The molecule has 0 unspecified atom stereocenters. The largest absolute Gasteiger partial charge is 0.383 e. The predicted molar refractivity (Wildman–Crippen MR) is 84.4 cm³/mol. The fraction of sp³-hybridized carbons (Fsp3) is 0.385. The number of nitrogens with one attached hydrogen (secondary N) is 1. The maximum Gasteiger partial charge on any atom is 0.233 e. The Morgan fingerprint density at radius 1 is 1.55 bits per heavy atom. The molecule has 22 heavy (non-hydrogen) atoms. The van der Waals surface area contributed by atoms with E-state index in [0.29, 0.717) is 23.3 Å². The van der Waals surface area contributed by atoms with Gasteiger partial charge in [-0.3, -0.25) is 4.79 Å². The summed E-state index contributed by atoms with van der Waals surface area (Å²) in [6.45, 7) is 2.74. The molecule has 0 fully saturated rings. The number of halogens is 1. The molecule has 118 valence electrons. The zero-order valence-corrected chi connectivity index (χ0v) is 13.8. The summed E-state index contributed by atoms with van der Waals surface area (Å²) in [5, 5.41) is 15.1. The third kappa shape index (κ3) is 4.43. The van der Waals surface area contributed by atoms with Crippen molar-refractivity contribution in [1.29, 1.82) is 0 Å². The molecule has 0 radical (unpaired) electrons. The second-order valence-corrected chi connectivity index (χ2v) is 6.14. The van der Waals surface area contributed by atoms with Crippen molar-refractivity contribution in [2.75, 3.05) is 20.3 Å². The van der Waals surface area contributed by atoms with Gasteiger partial charge in [0.05, 0.1) is 17.5 Å². The number of tetrazole rings is 1. The molecule has 0 aliphatic rings. The van der Waals surface area contributed by atoms with Crippen molar-refractivity contribution in [3.8, 4) is 5.69 Å². The summed E-state index contributed by atoms with van der Waals surface area (Å²) in [7, 11) is 1.59. The average molecular weight is 342 g/mol. The second kappa shape index (κ2) is 8.11. The van der Waals surface area contributed by atoms with Crippen LogP contribution < -0.4 is 5.32 Å². The second-order valence-electron chi connectivity index (χ2n) is 4.40. The van der Waals surface area contributed by atoms with Gasteiger partial charge in [0, 0.05) is 18.7 Å². The molecular weight excluding hydrogens is 326 g/mol. The SMILES string of the molecule is COCCNC(=O)[C@@H](C)Sc1nnnn1-c1cccc(Cl)c1. The van der Waals surface area contributed by atoms with E-state index >= 15 is 0 Å². The Hall–Kier alpha value is -1.64. The summed E-state index contributed by atoms with van der Waals surface area (Å²) in [6, 6.07) is 7.18. The minimum atomic E-state index is -0.333. The van der Waals surface area contributed by atoms with Gasteiger partial charge in [-0.05, 0) is 35.5 Å². The van der Waals surface area contributed by atoms with Gasteiger partial charge in [-0.15, -0.1) is 5.10 Å². The first-order chi connectivity index (χ1) is 10.6. The molecule has 1 aromatic heterocycles. The van der Waals surface area contributed by atoms with Crippen LogP contribution in [-0.2, 0) is 9.53 Å². The number of carbonyl (C=O) groups excluding carboxylic acids is 1. The van der Waals surface area contributed by atoms with Gasteiger partial charge in [-0.2, -0.15) is 4.68 Å². The molecule has 1 amide bonds. The van der Waals surface area contributed by atoms with E-state index in [1.165, 1.54) is 11.8 Å². The lowest BCUT2D eigenvalue weighted by atomic mass is 10.3. The van der Waals surface area contributed by atoms with Crippen LogP contribution in [0.3, 0.4) is 0 Å². The Bertz CT molecular complexity index is 636. The zero-order valence-electron chi connectivity index (χ0n) is 12.2. The Morgan fingerprint density at radius 2 is 2.36 bits per heavy atom. The highest BCUT2D eigenvalue weighted by Crippen LogP contribution is 2.23. The van der Waals surface area contributed by atoms with Crippen molar-refractivity contribution in [2.24, 2.45) is 0 Å². The van der Waals surface area contributed by atoms with Gasteiger partial charge in [0.25, 0.3) is 0 Å². The number of hydrogen-bond donors (Lipinski definition) is 1. The number of nitrogens with zero attached hydrogens (tertiary/aromatic N) is 4. The third-order valence-corrected chi connectivity index (χ3v) is 4.02. The molecule has 7 nitrogen and oxygen atoms in total. The molecule has 0 aliphatic carbocycles. The van der Waals surface area contributed by atoms with E-state index in [1.807, 2.05) is 12.1 Å². The van der Waals surface area contributed by atoms with Crippen molar-refractivity contribution in [2.45, 2.75) is 17.3 Å². The van der Waals surface area contributed by atoms with Crippen LogP contribution in [0.5, 0.6) is 0 Å². The lowest BCUT2D eigenvalue weighted by Crippen LogP contribution is -2.33. The van der Waals surface area contributed by atoms with E-state index in [-0.39, 0.29) is 11.2 Å². The number of amides is 1. The molecule has 0 spiro atoms. The topological polar surface area (TPSA) is 81.9 Å². The van der Waals surface area contributed by atoms with Gasteiger partial charge in [-0.25, -0.2) is 0 Å². The van der Waals surface area contributed by atoms with E-state index in [2.05, 4.69) is 20.8 Å². The van der Waals surface area contributed by atoms with Crippen molar-refractivity contribution >= 4 is 29.3 Å². The van der Waals surface area contributed by atoms with Crippen LogP contribution in [0.15, 0.2) is 29.4 Å². The highest BCUT2D eigenvalue weighted by Gasteiger charge is 2.18. The first-order valence-electron chi connectivity index (χ1n) is 6.59. The number of hydrogen-bond acceptors (Lipinski definition) is 6. The average Bonchev–Trinajstić information content (AvgIpc) is 2.95. The number of aromatic nitrogens is 4. The van der Waals surface area contributed by atoms with Gasteiger partial charge in [0.2, 0.25) is 11.1 Å². The summed E-state index contributed by atoms with van der Waals surface area (Å²) in [6.07, 6.45) is 0. The van der Waals surface area contributed by atoms with Crippen LogP contribution in [-0.4, -0.2) is 51.6 Å². The fourth-order valence-electron chi connectivity index (χ4n) is 1.65. The highest BCUT2D eigenvalue weighted by molar-refractivity contribution is 8.00. The van der Waals surface area contributed by atoms with Crippen LogP contribution >= 0.6 is 23.4 Å². The van der Waals surface area contributed by atoms with Gasteiger partial charge < -0.3 is 10.1 Å². The highest BCUT2D eigenvalue weighted by atomic mass is 35.5. The summed E-state index contributed by atoms with van der Waals surface area (Å²) >= 11 is 7.25. The minimum Gasteiger partial charge on any atom is -0.383 e. The van der Waals surface area contributed by atoms with E-state index in [1.54, 1.807) is 30.8 Å². The first-order valence-corrected chi connectivity index (χ1v) is 7.85. The summed E-state index contributed by atoms with van der Waals surface area (Å²) in [5.74, 6) is -0.0947. The minimum absolute atomic E-state index is 0.0947. The number of ether oxygens (including phenoxy) is 1. The van der Waals surface area contributed by atoms with Crippen molar-refractivity contribution in [3.05, 3.63) is 29.3 Å². The molecule has 0 aliphatic heterocycles. The fourth-order valence-corrected chi connectivity index (χ4v) is 2.67. The Morgan fingerprint density at radius 3 is 3.09 bits per heavy atom. The maximum absolute atomic E-state index is 12.0. The molecule has 1 atom stereocenters. The van der Waals surface area contributed by atoms with Crippen LogP contribution in [0, 0.1) is 0 Å². The van der Waals surface area contributed by atoms with Crippen LogP contribution in [0.4, 0.5) is 0 Å². The standard InChI is InChI=1S/C13H16ClN5O2S/c1-9(12(20)15-6-7-21-2)22-13-16-17-18-19(13)11-5-3-4-10(14)8-11/h3-5,8-9H,6-7H2,1-2H3,(H,15,20)/t9-/m1/s1. The molecule has 1 heterocycles. The summed E-state index contributed by atoms with van der Waals surface area (Å²) in [5.41, 5.74) is 0.743. The molecular formula is C13H16ClN5O2S. The molecule has 1 aromatic carbocycles.